The molecule has 3 fully saturated rings. The minimum atomic E-state index is -0.465. The number of rotatable bonds is 7. The van der Waals surface area contributed by atoms with Crippen LogP contribution in [-0.4, -0.2) is 46.2 Å². The third kappa shape index (κ3) is 3.88. The first-order chi connectivity index (χ1) is 15.7. The molecule has 2 heterocycles. The van der Waals surface area contributed by atoms with Gasteiger partial charge in [-0.15, -0.1) is 0 Å². The molecule has 1 aromatic heterocycles. The van der Waals surface area contributed by atoms with Crippen molar-refractivity contribution in [3.05, 3.63) is 71.3 Å². The Morgan fingerprint density at radius 1 is 1.09 bits per heavy atom. The lowest BCUT2D eigenvalue weighted by Crippen LogP contribution is -2.62. The molecule has 6 rings (SSSR count). The van der Waals surface area contributed by atoms with E-state index < -0.39 is 5.82 Å². The maximum absolute atomic E-state index is 14.6. The Balaban J connectivity index is 1.14. The molecule has 0 bridgehead atoms. The van der Waals surface area contributed by atoms with Crippen LogP contribution in [0.3, 0.4) is 0 Å². The number of nitrogens with one attached hydrogen (secondary N) is 1. The molecule has 1 saturated heterocycles. The van der Waals surface area contributed by atoms with Crippen LogP contribution in [0.2, 0.25) is 0 Å². The number of carbonyl (C=O) groups is 1. The fraction of sp³-hybridized carbons (Fsp3) is 0.423. The van der Waals surface area contributed by atoms with Crippen molar-refractivity contribution in [1.82, 2.24) is 20.4 Å². The Morgan fingerprint density at radius 2 is 1.84 bits per heavy atom. The molecule has 3 aromatic rings. The van der Waals surface area contributed by atoms with Crippen LogP contribution in [0, 0.1) is 17.7 Å². The quantitative estimate of drug-likeness (QED) is 0.616. The predicted molar refractivity (Wildman–Crippen MR) is 121 cm³/mol. The zero-order valence-electron chi connectivity index (χ0n) is 18.0. The number of hydrogen-bond donors (Lipinski definition) is 1. The third-order valence-electron chi connectivity index (χ3n) is 7.14. The molecule has 2 aromatic carbocycles. The molecule has 6 heteroatoms. The fourth-order valence-corrected chi connectivity index (χ4v) is 5.02. The van der Waals surface area contributed by atoms with Crippen molar-refractivity contribution in [3.63, 3.8) is 0 Å². The lowest BCUT2D eigenvalue weighted by molar-refractivity contribution is 0.0537. The SMILES string of the molecule is O=C(c1cc(Cc2nncc3ccccc23)ccc1F)N1CC(NC(C2CC2)C2CC2)C1. The van der Waals surface area contributed by atoms with Crippen LogP contribution in [0.5, 0.6) is 0 Å². The van der Waals surface area contributed by atoms with E-state index in [-0.39, 0.29) is 11.5 Å². The van der Waals surface area contributed by atoms with Crippen molar-refractivity contribution in [2.45, 2.75) is 44.2 Å². The van der Waals surface area contributed by atoms with E-state index in [0.717, 1.165) is 33.9 Å². The van der Waals surface area contributed by atoms with Gasteiger partial charge < -0.3 is 10.2 Å². The highest BCUT2D eigenvalue weighted by molar-refractivity contribution is 5.95. The largest absolute Gasteiger partial charge is 0.335 e. The van der Waals surface area contributed by atoms with Crippen molar-refractivity contribution < 1.29 is 9.18 Å². The van der Waals surface area contributed by atoms with Gasteiger partial charge in [-0.1, -0.05) is 30.3 Å². The Kier molecular flexibility index (Phi) is 4.90. The summed E-state index contributed by atoms with van der Waals surface area (Å²) in [7, 11) is 0. The highest BCUT2D eigenvalue weighted by Gasteiger charge is 2.44. The molecule has 32 heavy (non-hydrogen) atoms. The van der Waals surface area contributed by atoms with Crippen LogP contribution in [0.25, 0.3) is 10.8 Å². The normalized spacial score (nSPS) is 18.9. The Hall–Kier alpha value is -2.86. The molecule has 0 spiro atoms. The number of aromatic nitrogens is 2. The zero-order valence-corrected chi connectivity index (χ0v) is 18.0. The van der Waals surface area contributed by atoms with Crippen molar-refractivity contribution >= 4 is 16.7 Å². The molecule has 2 saturated carbocycles. The molecule has 0 atom stereocenters. The Labute approximate surface area is 187 Å². The van der Waals surface area contributed by atoms with Gasteiger partial charge in [-0.3, -0.25) is 4.79 Å². The van der Waals surface area contributed by atoms with Crippen LogP contribution in [-0.2, 0) is 6.42 Å². The summed E-state index contributed by atoms with van der Waals surface area (Å²) in [5.74, 6) is 0.978. The van der Waals surface area contributed by atoms with Crippen LogP contribution in [0.4, 0.5) is 4.39 Å². The molecule has 1 N–H and O–H groups in total. The Bertz CT molecular complexity index is 1150. The standard InChI is InChI=1S/C26H27FN4O/c27-23-10-5-16(12-24-21-4-2-1-3-19(21)13-28-30-24)11-22(23)26(32)31-14-20(15-31)29-25(17-6-7-17)18-8-9-18/h1-5,10-11,13,17-18,20,25,29H,6-9,12,14-15H2. The second-order valence-electron chi connectivity index (χ2n) is 9.64. The molecular formula is C26H27FN4O. The van der Waals surface area contributed by atoms with E-state index in [2.05, 4.69) is 15.5 Å². The summed E-state index contributed by atoms with van der Waals surface area (Å²) in [6.07, 6.45) is 7.59. The van der Waals surface area contributed by atoms with E-state index in [1.54, 1.807) is 23.2 Å². The number of carbonyl (C=O) groups excluding carboxylic acids is 1. The average Bonchev–Trinajstić information content (AvgIpc) is 3.68. The monoisotopic (exact) mass is 430 g/mol. The number of hydrogen-bond acceptors (Lipinski definition) is 4. The summed E-state index contributed by atoms with van der Waals surface area (Å²) < 4.78 is 14.6. The molecular weight excluding hydrogens is 403 g/mol. The van der Waals surface area contributed by atoms with Crippen LogP contribution in [0.1, 0.15) is 47.3 Å². The first-order valence-electron chi connectivity index (χ1n) is 11.7. The number of fused-ring (bicyclic) bond motifs is 1. The predicted octanol–water partition coefficient (Wildman–Crippen LogP) is 3.96. The maximum atomic E-state index is 14.6. The molecule has 5 nitrogen and oxygen atoms in total. The zero-order chi connectivity index (χ0) is 21.7. The van der Waals surface area contributed by atoms with Gasteiger partial charge in [0, 0.05) is 42.4 Å². The highest BCUT2D eigenvalue weighted by atomic mass is 19.1. The molecule has 0 unspecified atom stereocenters. The first-order valence-corrected chi connectivity index (χ1v) is 11.7. The van der Waals surface area contributed by atoms with E-state index in [0.29, 0.717) is 31.6 Å². The van der Waals surface area contributed by atoms with Crippen LogP contribution >= 0.6 is 0 Å². The lowest BCUT2D eigenvalue weighted by atomic mass is 9.99. The lowest BCUT2D eigenvalue weighted by Gasteiger charge is -2.42. The summed E-state index contributed by atoms with van der Waals surface area (Å²) in [6, 6.07) is 13.7. The summed E-state index contributed by atoms with van der Waals surface area (Å²) in [5, 5.41) is 14.2. The molecule has 1 aliphatic heterocycles. The molecule has 3 aliphatic rings. The van der Waals surface area contributed by atoms with Gasteiger partial charge in [-0.05, 0) is 55.2 Å². The number of amides is 1. The average molecular weight is 431 g/mol. The van der Waals surface area contributed by atoms with Gasteiger partial charge in [0.05, 0.1) is 17.5 Å². The van der Waals surface area contributed by atoms with E-state index >= 15 is 0 Å². The van der Waals surface area contributed by atoms with Gasteiger partial charge in [0.15, 0.2) is 0 Å². The van der Waals surface area contributed by atoms with E-state index in [1.165, 1.54) is 31.7 Å². The third-order valence-corrected chi connectivity index (χ3v) is 7.14. The highest BCUT2D eigenvalue weighted by Crippen LogP contribution is 2.45. The van der Waals surface area contributed by atoms with Gasteiger partial charge in [0.2, 0.25) is 0 Å². The smallest absolute Gasteiger partial charge is 0.256 e. The first kappa shape index (κ1) is 19.8. The number of likely N-dealkylation sites (tertiary alicyclic amines) is 1. The maximum Gasteiger partial charge on any atom is 0.256 e. The van der Waals surface area contributed by atoms with Crippen molar-refractivity contribution in [2.75, 3.05) is 13.1 Å². The number of halogens is 1. The van der Waals surface area contributed by atoms with Crippen LogP contribution in [0.15, 0.2) is 48.7 Å². The second kappa shape index (κ2) is 7.93. The van der Waals surface area contributed by atoms with Crippen molar-refractivity contribution in [3.8, 4) is 0 Å². The van der Waals surface area contributed by atoms with Crippen molar-refractivity contribution in [1.29, 1.82) is 0 Å². The van der Waals surface area contributed by atoms with E-state index in [1.807, 2.05) is 24.3 Å². The Morgan fingerprint density at radius 3 is 2.59 bits per heavy atom. The number of nitrogens with zero attached hydrogens (tertiary/aromatic N) is 3. The van der Waals surface area contributed by atoms with Gasteiger partial charge >= 0.3 is 0 Å². The second-order valence-corrected chi connectivity index (χ2v) is 9.64. The minimum Gasteiger partial charge on any atom is -0.335 e. The van der Waals surface area contributed by atoms with Gasteiger partial charge in [0.1, 0.15) is 5.82 Å². The van der Waals surface area contributed by atoms with Gasteiger partial charge in [-0.25, -0.2) is 4.39 Å². The fourth-order valence-electron chi connectivity index (χ4n) is 5.02. The van der Waals surface area contributed by atoms with Gasteiger partial charge in [0.25, 0.3) is 5.91 Å². The van der Waals surface area contributed by atoms with E-state index in [9.17, 15) is 9.18 Å². The molecule has 1 amide bonds. The minimum absolute atomic E-state index is 0.148. The van der Waals surface area contributed by atoms with Crippen LogP contribution < -0.4 is 5.32 Å². The summed E-state index contributed by atoms with van der Waals surface area (Å²) in [4.78, 5) is 14.8. The molecule has 2 aliphatic carbocycles. The topological polar surface area (TPSA) is 58.1 Å². The van der Waals surface area contributed by atoms with Crippen molar-refractivity contribution in [2.24, 2.45) is 11.8 Å². The number of benzene rings is 2. The summed E-state index contributed by atoms with van der Waals surface area (Å²) >= 11 is 0. The van der Waals surface area contributed by atoms with E-state index in [4.69, 9.17) is 0 Å². The summed E-state index contributed by atoms with van der Waals surface area (Å²) in [6.45, 7) is 1.32. The van der Waals surface area contributed by atoms with Gasteiger partial charge in [-0.2, -0.15) is 10.2 Å². The molecule has 164 valence electrons. The molecule has 0 radical (unpaired) electrons. The summed E-state index contributed by atoms with van der Waals surface area (Å²) in [5.41, 5.74) is 1.83.